The van der Waals surface area contributed by atoms with E-state index in [2.05, 4.69) is 16.5 Å². The first-order valence-electron chi connectivity index (χ1n) is 5.53. The molecule has 0 aliphatic carbocycles. The Morgan fingerprint density at radius 3 is 2.95 bits per heavy atom. The Morgan fingerprint density at radius 2 is 2.32 bits per heavy atom. The predicted octanol–water partition coefficient (Wildman–Crippen LogP) is 1.84. The van der Waals surface area contributed by atoms with Crippen molar-refractivity contribution in [3.05, 3.63) is 51.1 Å². The van der Waals surface area contributed by atoms with Gasteiger partial charge in [-0.15, -0.1) is 0 Å². The Hall–Kier alpha value is -2.70. The zero-order valence-corrected chi connectivity index (χ0v) is 10.2. The van der Waals surface area contributed by atoms with Gasteiger partial charge in [0, 0.05) is 12.1 Å². The second-order valence-electron chi connectivity index (χ2n) is 3.73. The van der Waals surface area contributed by atoms with E-state index in [1.807, 2.05) is 0 Å². The van der Waals surface area contributed by atoms with E-state index >= 15 is 0 Å². The summed E-state index contributed by atoms with van der Waals surface area (Å²) in [6.45, 7) is 5.79. The second kappa shape index (κ2) is 4.89. The summed E-state index contributed by atoms with van der Waals surface area (Å²) in [5.74, 6) is 0.382. The fourth-order valence-corrected chi connectivity index (χ4v) is 1.62. The zero-order valence-electron chi connectivity index (χ0n) is 10.2. The molecule has 0 amide bonds. The zero-order chi connectivity index (χ0) is 14.0. The number of nitro groups is 1. The Balaban J connectivity index is 2.62. The van der Waals surface area contributed by atoms with Crippen molar-refractivity contribution < 1.29 is 9.66 Å². The lowest BCUT2D eigenvalue weighted by molar-refractivity contribution is -0.384. The summed E-state index contributed by atoms with van der Waals surface area (Å²) in [5, 5.41) is 11.0. The molecule has 0 spiro atoms. The third-order valence-electron chi connectivity index (χ3n) is 2.48. The van der Waals surface area contributed by atoms with Crippen LogP contribution in [-0.4, -0.2) is 21.5 Å². The van der Waals surface area contributed by atoms with Crippen LogP contribution in [0.3, 0.4) is 0 Å². The number of fused-ring (bicyclic) bond motifs is 1. The number of nitrogens with one attached hydrogen (secondary N) is 1. The van der Waals surface area contributed by atoms with Crippen LogP contribution >= 0.6 is 0 Å². The first-order valence-corrected chi connectivity index (χ1v) is 5.53. The van der Waals surface area contributed by atoms with Crippen molar-refractivity contribution in [1.29, 1.82) is 0 Å². The average Bonchev–Trinajstić information content (AvgIpc) is 2.38. The average molecular weight is 261 g/mol. The van der Waals surface area contributed by atoms with Crippen LogP contribution in [0.1, 0.15) is 12.7 Å². The molecular formula is C12H11N3O4. The molecule has 0 radical (unpaired) electrons. The summed E-state index contributed by atoms with van der Waals surface area (Å²) >= 11 is 0. The fraction of sp³-hybridized carbons (Fsp3) is 0.167. The van der Waals surface area contributed by atoms with Crippen LogP contribution in [0.2, 0.25) is 0 Å². The van der Waals surface area contributed by atoms with Crippen LogP contribution in [0, 0.1) is 10.1 Å². The summed E-state index contributed by atoms with van der Waals surface area (Å²) in [6.07, 6.45) is 0. The molecule has 0 unspecified atom stereocenters. The van der Waals surface area contributed by atoms with E-state index in [1.54, 1.807) is 6.92 Å². The maximum absolute atomic E-state index is 11.8. The van der Waals surface area contributed by atoms with Crippen molar-refractivity contribution in [1.82, 2.24) is 9.97 Å². The van der Waals surface area contributed by atoms with Gasteiger partial charge in [0.2, 0.25) is 0 Å². The van der Waals surface area contributed by atoms with Crippen molar-refractivity contribution in [2.45, 2.75) is 6.92 Å². The van der Waals surface area contributed by atoms with E-state index in [0.29, 0.717) is 6.61 Å². The molecule has 7 heteroatoms. The number of non-ortho nitro benzene ring substituents is 1. The highest BCUT2D eigenvalue weighted by Gasteiger charge is 2.11. The molecule has 1 aromatic heterocycles. The maximum atomic E-state index is 11.8. The number of benzene rings is 1. The normalized spacial score (nSPS) is 10.4. The van der Waals surface area contributed by atoms with Gasteiger partial charge >= 0.3 is 0 Å². The third-order valence-corrected chi connectivity index (χ3v) is 2.48. The third kappa shape index (κ3) is 2.44. The number of H-pyrrole nitrogens is 1. The molecule has 1 aromatic carbocycles. The standard InChI is InChI=1S/C12H11N3O4/c1-3-19-7(2)11-13-10-6-8(15(17)18)4-5-9(10)12(16)14-11/h4-6H,2-3H2,1H3,(H,13,14,16). The van der Waals surface area contributed by atoms with E-state index in [4.69, 9.17) is 4.74 Å². The van der Waals surface area contributed by atoms with Crippen LogP contribution in [0.25, 0.3) is 16.7 Å². The molecular weight excluding hydrogens is 250 g/mol. The first-order chi connectivity index (χ1) is 9.02. The number of ether oxygens (including phenoxy) is 1. The largest absolute Gasteiger partial charge is 0.491 e. The number of aromatic nitrogens is 2. The lowest BCUT2D eigenvalue weighted by atomic mass is 10.2. The molecule has 2 rings (SSSR count). The molecule has 98 valence electrons. The minimum absolute atomic E-state index is 0.126. The molecule has 0 aliphatic heterocycles. The van der Waals surface area contributed by atoms with Crippen molar-refractivity contribution in [2.75, 3.05) is 6.61 Å². The van der Waals surface area contributed by atoms with Gasteiger partial charge in [0.15, 0.2) is 11.6 Å². The molecule has 0 aliphatic rings. The molecule has 7 nitrogen and oxygen atoms in total. The van der Waals surface area contributed by atoms with Crippen molar-refractivity contribution in [3.63, 3.8) is 0 Å². The first kappa shape index (κ1) is 12.7. The number of nitrogens with zero attached hydrogens (tertiary/aromatic N) is 2. The minimum Gasteiger partial charge on any atom is -0.491 e. The monoisotopic (exact) mass is 261 g/mol. The number of hydrogen-bond donors (Lipinski definition) is 1. The Bertz CT molecular complexity index is 720. The predicted molar refractivity (Wildman–Crippen MR) is 69.7 cm³/mol. The van der Waals surface area contributed by atoms with Gasteiger partial charge in [-0.25, -0.2) is 4.98 Å². The van der Waals surface area contributed by atoms with Crippen molar-refractivity contribution >= 4 is 22.3 Å². The van der Waals surface area contributed by atoms with Gasteiger partial charge in [-0.1, -0.05) is 6.58 Å². The molecule has 1 heterocycles. The fourth-order valence-electron chi connectivity index (χ4n) is 1.62. The van der Waals surface area contributed by atoms with E-state index in [0.717, 1.165) is 0 Å². The quantitative estimate of drug-likeness (QED) is 0.514. The van der Waals surface area contributed by atoms with Crippen molar-refractivity contribution in [2.24, 2.45) is 0 Å². The molecule has 0 saturated carbocycles. The topological polar surface area (TPSA) is 98.1 Å². The van der Waals surface area contributed by atoms with Gasteiger partial charge in [0.25, 0.3) is 11.2 Å². The van der Waals surface area contributed by atoms with Crippen LogP contribution in [0.15, 0.2) is 29.6 Å². The highest BCUT2D eigenvalue weighted by molar-refractivity contribution is 5.80. The molecule has 2 aromatic rings. The Morgan fingerprint density at radius 1 is 1.58 bits per heavy atom. The second-order valence-corrected chi connectivity index (χ2v) is 3.73. The molecule has 0 atom stereocenters. The number of rotatable bonds is 4. The minimum atomic E-state index is -0.542. The Kier molecular flexibility index (Phi) is 3.28. The van der Waals surface area contributed by atoms with Gasteiger partial charge in [0.05, 0.1) is 22.4 Å². The summed E-state index contributed by atoms with van der Waals surface area (Å²) in [5.41, 5.74) is -0.289. The van der Waals surface area contributed by atoms with Gasteiger partial charge < -0.3 is 9.72 Å². The van der Waals surface area contributed by atoms with Crippen LogP contribution in [-0.2, 0) is 4.74 Å². The molecule has 0 saturated heterocycles. The summed E-state index contributed by atoms with van der Waals surface area (Å²) < 4.78 is 5.15. The van der Waals surface area contributed by atoms with Crippen LogP contribution in [0.5, 0.6) is 0 Å². The van der Waals surface area contributed by atoms with Gasteiger partial charge in [-0.05, 0) is 13.0 Å². The summed E-state index contributed by atoms with van der Waals surface area (Å²) in [4.78, 5) is 28.6. The van der Waals surface area contributed by atoms with E-state index in [1.165, 1.54) is 18.2 Å². The number of aromatic amines is 1. The lowest BCUT2D eigenvalue weighted by Gasteiger charge is -2.06. The number of hydrogen-bond acceptors (Lipinski definition) is 5. The van der Waals surface area contributed by atoms with E-state index < -0.39 is 10.5 Å². The van der Waals surface area contributed by atoms with E-state index in [-0.39, 0.29) is 28.2 Å². The SMILES string of the molecule is C=C(OCC)c1nc2cc([N+](=O)[O-])ccc2c(=O)[nH]1. The number of nitro benzene ring substituents is 1. The van der Waals surface area contributed by atoms with Crippen molar-refractivity contribution in [3.8, 4) is 0 Å². The highest BCUT2D eigenvalue weighted by atomic mass is 16.6. The van der Waals surface area contributed by atoms with Crippen LogP contribution < -0.4 is 5.56 Å². The highest BCUT2D eigenvalue weighted by Crippen LogP contribution is 2.18. The smallest absolute Gasteiger partial charge is 0.271 e. The van der Waals surface area contributed by atoms with E-state index in [9.17, 15) is 14.9 Å². The van der Waals surface area contributed by atoms with Gasteiger partial charge in [-0.2, -0.15) is 0 Å². The molecule has 0 fully saturated rings. The van der Waals surface area contributed by atoms with Crippen LogP contribution in [0.4, 0.5) is 5.69 Å². The molecule has 19 heavy (non-hydrogen) atoms. The molecule has 0 bridgehead atoms. The van der Waals surface area contributed by atoms with Gasteiger partial charge in [0.1, 0.15) is 0 Å². The lowest BCUT2D eigenvalue weighted by Crippen LogP contribution is -2.12. The maximum Gasteiger partial charge on any atom is 0.271 e. The van der Waals surface area contributed by atoms with Gasteiger partial charge in [-0.3, -0.25) is 14.9 Å². The summed E-state index contributed by atoms with van der Waals surface area (Å²) in [7, 11) is 0. The Labute approximate surface area is 107 Å². The summed E-state index contributed by atoms with van der Waals surface area (Å²) in [6, 6.07) is 3.87. The molecule has 1 N–H and O–H groups in total.